The second-order valence-electron chi connectivity index (χ2n) is 7.95. The lowest BCUT2D eigenvalue weighted by Gasteiger charge is -2.20. The lowest BCUT2D eigenvalue weighted by atomic mass is 9.98. The largest absolute Gasteiger partial charge is 0.467 e. The first-order valence-electron chi connectivity index (χ1n) is 10.9. The van der Waals surface area contributed by atoms with Crippen LogP contribution < -0.4 is 10.1 Å². The summed E-state index contributed by atoms with van der Waals surface area (Å²) in [6, 6.07) is 19.8. The zero-order valence-electron chi connectivity index (χ0n) is 18.6. The van der Waals surface area contributed by atoms with Crippen molar-refractivity contribution in [3.05, 3.63) is 89.2 Å². The molecule has 0 bridgehead atoms. The van der Waals surface area contributed by atoms with Crippen LogP contribution in [0, 0.1) is 5.82 Å². The number of hydrogen-bond acceptors (Lipinski definition) is 6. The Balaban J connectivity index is 1.31. The molecule has 2 atom stereocenters. The number of ether oxygens (including phenoxy) is 3. The van der Waals surface area contributed by atoms with Gasteiger partial charge in [0.2, 0.25) is 0 Å². The maximum atomic E-state index is 14.3. The minimum atomic E-state index is -1.55. The Morgan fingerprint density at radius 3 is 2.29 bits per heavy atom. The summed E-state index contributed by atoms with van der Waals surface area (Å²) in [5, 5.41) is 23.0. The van der Waals surface area contributed by atoms with Gasteiger partial charge in [0.15, 0.2) is 6.79 Å². The number of rotatable bonds is 9. The van der Waals surface area contributed by atoms with Gasteiger partial charge in [0.1, 0.15) is 30.4 Å². The van der Waals surface area contributed by atoms with Crippen molar-refractivity contribution in [3.8, 4) is 16.9 Å². The number of amides is 1. The number of methoxy groups -OCH3 is 1. The predicted octanol–water partition coefficient (Wildman–Crippen LogP) is 3.74. The van der Waals surface area contributed by atoms with Crippen molar-refractivity contribution in [1.29, 1.82) is 0 Å². The van der Waals surface area contributed by atoms with E-state index < -0.39 is 24.1 Å². The van der Waals surface area contributed by atoms with Crippen molar-refractivity contribution in [1.82, 2.24) is 5.32 Å². The fourth-order valence-electron chi connectivity index (χ4n) is 4.12. The molecular weight excluding hydrogens is 441 g/mol. The average Bonchev–Trinajstić information content (AvgIpc) is 3.18. The molecule has 1 amide bonds. The van der Waals surface area contributed by atoms with Gasteiger partial charge in [0, 0.05) is 31.2 Å². The SMILES string of the molecule is COCOc1ccc(C(O)C(O)CNC(=O)OCC2c3ccccc3-c3ccccc32)c(F)c1. The molecule has 0 aliphatic heterocycles. The lowest BCUT2D eigenvalue weighted by molar-refractivity contribution is 0.0163. The number of benzene rings is 3. The Bertz CT molecular complexity index is 1110. The van der Waals surface area contributed by atoms with E-state index in [2.05, 4.69) is 5.32 Å². The van der Waals surface area contributed by atoms with Gasteiger partial charge in [-0.3, -0.25) is 0 Å². The smallest absolute Gasteiger partial charge is 0.407 e. The third-order valence-corrected chi connectivity index (χ3v) is 5.80. The number of aliphatic hydroxyl groups is 2. The van der Waals surface area contributed by atoms with Gasteiger partial charge in [-0.25, -0.2) is 9.18 Å². The van der Waals surface area contributed by atoms with Gasteiger partial charge in [0.25, 0.3) is 0 Å². The number of nitrogens with one attached hydrogen (secondary N) is 1. The van der Waals surface area contributed by atoms with Gasteiger partial charge >= 0.3 is 6.09 Å². The van der Waals surface area contributed by atoms with Gasteiger partial charge in [-0.05, 0) is 34.4 Å². The zero-order chi connectivity index (χ0) is 24.1. The molecule has 0 radical (unpaired) electrons. The first-order valence-corrected chi connectivity index (χ1v) is 10.9. The van der Waals surface area contributed by atoms with E-state index in [0.717, 1.165) is 28.3 Å². The number of carbonyl (C=O) groups is 1. The highest BCUT2D eigenvalue weighted by Crippen LogP contribution is 2.44. The molecule has 0 saturated carbocycles. The maximum Gasteiger partial charge on any atom is 0.407 e. The molecule has 7 nitrogen and oxygen atoms in total. The van der Waals surface area contributed by atoms with Crippen molar-refractivity contribution in [2.75, 3.05) is 27.1 Å². The van der Waals surface area contributed by atoms with E-state index in [1.165, 1.54) is 19.2 Å². The third kappa shape index (κ3) is 5.04. The summed E-state index contributed by atoms with van der Waals surface area (Å²) in [4.78, 5) is 12.3. The van der Waals surface area contributed by atoms with Crippen LogP contribution in [0.4, 0.5) is 9.18 Å². The molecule has 3 aromatic carbocycles. The van der Waals surface area contributed by atoms with Crippen LogP contribution in [-0.2, 0) is 9.47 Å². The van der Waals surface area contributed by atoms with Crippen LogP contribution in [0.3, 0.4) is 0 Å². The van der Waals surface area contributed by atoms with Crippen LogP contribution in [0.25, 0.3) is 11.1 Å². The van der Waals surface area contributed by atoms with Crippen molar-refractivity contribution >= 4 is 6.09 Å². The van der Waals surface area contributed by atoms with Crippen LogP contribution in [0.15, 0.2) is 66.7 Å². The number of carbonyl (C=O) groups excluding carboxylic acids is 1. The molecule has 1 aliphatic rings. The molecule has 3 aromatic rings. The number of alkyl carbamates (subject to hydrolysis) is 1. The summed E-state index contributed by atoms with van der Waals surface area (Å²) < 4.78 is 29.6. The first-order chi connectivity index (χ1) is 16.5. The van der Waals surface area contributed by atoms with Crippen molar-refractivity contribution < 1.29 is 33.6 Å². The summed E-state index contributed by atoms with van der Waals surface area (Å²) >= 11 is 0. The fourth-order valence-corrected chi connectivity index (χ4v) is 4.12. The van der Waals surface area contributed by atoms with Crippen LogP contribution in [0.2, 0.25) is 0 Å². The average molecular weight is 467 g/mol. The monoisotopic (exact) mass is 467 g/mol. The molecule has 34 heavy (non-hydrogen) atoms. The van der Waals surface area contributed by atoms with E-state index in [1.54, 1.807) is 0 Å². The van der Waals surface area contributed by atoms with Crippen LogP contribution in [0.5, 0.6) is 5.75 Å². The quantitative estimate of drug-likeness (QED) is 0.415. The fraction of sp³-hybridized carbons (Fsp3) is 0.269. The molecule has 2 unspecified atom stereocenters. The Labute approximate surface area is 196 Å². The molecule has 3 N–H and O–H groups in total. The maximum absolute atomic E-state index is 14.3. The normalized spacial score (nSPS) is 14.1. The van der Waals surface area contributed by atoms with Crippen LogP contribution >= 0.6 is 0 Å². The van der Waals surface area contributed by atoms with Gasteiger partial charge in [-0.15, -0.1) is 0 Å². The lowest BCUT2D eigenvalue weighted by Crippen LogP contribution is -2.36. The van der Waals surface area contributed by atoms with E-state index in [9.17, 15) is 19.4 Å². The summed E-state index contributed by atoms with van der Waals surface area (Å²) in [7, 11) is 1.44. The highest BCUT2D eigenvalue weighted by atomic mass is 19.1. The minimum Gasteiger partial charge on any atom is -0.467 e. The van der Waals surface area contributed by atoms with Crippen molar-refractivity contribution in [2.24, 2.45) is 0 Å². The molecule has 4 rings (SSSR count). The molecule has 0 fully saturated rings. The van der Waals surface area contributed by atoms with E-state index in [0.29, 0.717) is 0 Å². The standard InChI is InChI=1S/C26H26FNO6/c1-32-15-34-16-10-11-21(23(27)12-16)25(30)24(29)13-28-26(31)33-14-22-19-8-4-2-6-17(19)18-7-3-5-9-20(18)22/h2-12,22,24-25,29-30H,13-15H2,1H3,(H,28,31). The van der Waals surface area contributed by atoms with Crippen molar-refractivity contribution in [2.45, 2.75) is 18.1 Å². The summed E-state index contributed by atoms with van der Waals surface area (Å²) in [5.41, 5.74) is 4.28. The second-order valence-corrected chi connectivity index (χ2v) is 7.95. The molecular formula is C26H26FNO6. The van der Waals surface area contributed by atoms with E-state index >= 15 is 0 Å². The topological polar surface area (TPSA) is 97.3 Å². The van der Waals surface area contributed by atoms with Gasteiger partial charge in [-0.2, -0.15) is 0 Å². The van der Waals surface area contributed by atoms with E-state index in [1.807, 2.05) is 48.5 Å². The van der Waals surface area contributed by atoms with E-state index in [-0.39, 0.29) is 37.2 Å². The minimum absolute atomic E-state index is 0.0476. The number of aliphatic hydroxyl groups excluding tert-OH is 2. The number of hydrogen-bond donors (Lipinski definition) is 3. The summed E-state index contributed by atoms with van der Waals surface area (Å²) in [6.07, 6.45) is -3.73. The molecule has 0 spiro atoms. The molecule has 1 aliphatic carbocycles. The third-order valence-electron chi connectivity index (χ3n) is 5.80. The van der Waals surface area contributed by atoms with Gasteiger partial charge < -0.3 is 29.7 Å². The predicted molar refractivity (Wildman–Crippen MR) is 123 cm³/mol. The van der Waals surface area contributed by atoms with Crippen LogP contribution in [-0.4, -0.2) is 49.5 Å². The number of halogens is 1. The highest BCUT2D eigenvalue weighted by Gasteiger charge is 2.29. The van der Waals surface area contributed by atoms with Crippen LogP contribution in [0.1, 0.15) is 28.7 Å². The molecule has 0 heterocycles. The Kier molecular flexibility index (Phi) is 7.42. The van der Waals surface area contributed by atoms with Crippen molar-refractivity contribution in [3.63, 3.8) is 0 Å². The van der Waals surface area contributed by atoms with Gasteiger partial charge in [0.05, 0.1) is 0 Å². The molecule has 0 saturated heterocycles. The highest BCUT2D eigenvalue weighted by molar-refractivity contribution is 5.79. The zero-order valence-corrected chi connectivity index (χ0v) is 18.6. The Morgan fingerprint density at radius 2 is 1.68 bits per heavy atom. The Hall–Kier alpha value is -3.46. The Morgan fingerprint density at radius 1 is 1.03 bits per heavy atom. The summed E-state index contributed by atoms with van der Waals surface area (Å²) in [6.45, 7) is -0.247. The first kappa shape index (κ1) is 23.7. The molecule has 178 valence electrons. The van der Waals surface area contributed by atoms with E-state index in [4.69, 9.17) is 14.2 Å². The van der Waals surface area contributed by atoms with Gasteiger partial charge in [-0.1, -0.05) is 48.5 Å². The summed E-state index contributed by atoms with van der Waals surface area (Å²) in [5.74, 6) is -0.621. The second kappa shape index (κ2) is 10.6. The number of fused-ring (bicyclic) bond motifs is 3. The molecule has 0 aromatic heterocycles. The molecule has 8 heteroatoms.